The molecule has 0 fully saturated rings. The molecule has 0 aliphatic heterocycles. The van der Waals surface area contributed by atoms with Crippen LogP contribution < -0.4 is 10.6 Å². The van der Waals surface area contributed by atoms with E-state index in [4.69, 9.17) is 0 Å². The van der Waals surface area contributed by atoms with Crippen LogP contribution in [0.25, 0.3) is 6.08 Å². The summed E-state index contributed by atoms with van der Waals surface area (Å²) < 4.78 is 0. The van der Waals surface area contributed by atoms with Gasteiger partial charge in [-0.15, -0.1) is 0 Å². The maximum atomic E-state index is 12.6. The van der Waals surface area contributed by atoms with Crippen LogP contribution in [0.5, 0.6) is 0 Å². The summed E-state index contributed by atoms with van der Waals surface area (Å²) in [6.07, 6.45) is 3.71. The summed E-state index contributed by atoms with van der Waals surface area (Å²) >= 11 is 0. The number of amides is 2. The molecule has 3 rings (SSSR count). The van der Waals surface area contributed by atoms with Crippen LogP contribution in [-0.4, -0.2) is 42.3 Å². The number of nitrogens with zero attached hydrogens (tertiary/aromatic N) is 2. The molecule has 0 bridgehead atoms. The maximum Gasteiger partial charge on any atom is 0.274 e. The Labute approximate surface area is 189 Å². The third-order valence-electron chi connectivity index (χ3n) is 4.75. The molecule has 1 heterocycles. The van der Waals surface area contributed by atoms with Crippen molar-refractivity contribution in [2.45, 2.75) is 13.5 Å². The largest absolute Gasteiger partial charge is 0.345 e. The third-order valence-corrected chi connectivity index (χ3v) is 4.75. The van der Waals surface area contributed by atoms with E-state index in [1.54, 1.807) is 44.6 Å². The Morgan fingerprint density at radius 2 is 1.75 bits per heavy atom. The average molecular weight is 429 g/mol. The number of pyridine rings is 1. The molecule has 6 nitrogen and oxygen atoms in total. The fourth-order valence-electron chi connectivity index (χ4n) is 3.23. The Morgan fingerprint density at radius 1 is 1.00 bits per heavy atom. The number of anilines is 1. The lowest BCUT2D eigenvalue weighted by atomic mass is 10.1. The van der Waals surface area contributed by atoms with Gasteiger partial charge in [0, 0.05) is 44.6 Å². The highest BCUT2D eigenvalue weighted by atomic mass is 16.2. The minimum absolute atomic E-state index is 0.125. The molecule has 1 aromatic heterocycles. The molecule has 0 atom stereocenters. The van der Waals surface area contributed by atoms with Gasteiger partial charge in [-0.2, -0.15) is 0 Å². The molecular weight excluding hydrogens is 400 g/mol. The summed E-state index contributed by atoms with van der Waals surface area (Å²) in [5.74, 6) is -0.444. The number of hydrogen-bond acceptors (Lipinski definition) is 4. The van der Waals surface area contributed by atoms with Crippen LogP contribution >= 0.6 is 0 Å². The second kappa shape index (κ2) is 11.0. The molecule has 6 heteroatoms. The Hall–Kier alpha value is -3.77. The van der Waals surface area contributed by atoms with E-state index in [2.05, 4.69) is 40.8 Å². The fraction of sp³-hybridized carbons (Fsp3) is 0.192. The fourth-order valence-corrected chi connectivity index (χ4v) is 3.23. The van der Waals surface area contributed by atoms with E-state index in [-0.39, 0.29) is 11.8 Å². The summed E-state index contributed by atoms with van der Waals surface area (Å²) in [6.45, 7) is 3.34. The first-order valence-electron chi connectivity index (χ1n) is 10.4. The first-order valence-corrected chi connectivity index (χ1v) is 10.4. The molecule has 0 aliphatic carbocycles. The molecule has 2 amide bonds. The molecule has 32 heavy (non-hydrogen) atoms. The van der Waals surface area contributed by atoms with Crippen LogP contribution in [0.15, 0.2) is 78.5 Å². The molecule has 2 N–H and O–H groups in total. The van der Waals surface area contributed by atoms with Crippen molar-refractivity contribution in [1.29, 1.82) is 0 Å². The average Bonchev–Trinajstić information content (AvgIpc) is 2.79. The van der Waals surface area contributed by atoms with Gasteiger partial charge in [-0.25, -0.2) is 0 Å². The van der Waals surface area contributed by atoms with Gasteiger partial charge in [-0.3, -0.25) is 14.6 Å². The minimum Gasteiger partial charge on any atom is -0.345 e. The summed E-state index contributed by atoms with van der Waals surface area (Å²) in [5, 5.41) is 6.26. The van der Waals surface area contributed by atoms with Gasteiger partial charge in [0.1, 0.15) is 5.69 Å². The summed E-state index contributed by atoms with van der Waals surface area (Å²) in [7, 11) is 3.41. The molecule has 3 aromatic rings. The van der Waals surface area contributed by atoms with Crippen molar-refractivity contribution in [1.82, 2.24) is 15.2 Å². The Kier molecular flexibility index (Phi) is 7.89. The lowest BCUT2D eigenvalue weighted by Gasteiger charge is -2.14. The van der Waals surface area contributed by atoms with Crippen molar-refractivity contribution in [2.24, 2.45) is 0 Å². The zero-order valence-electron chi connectivity index (χ0n) is 18.6. The summed E-state index contributed by atoms with van der Waals surface area (Å²) in [5.41, 5.74) is 4.65. The van der Waals surface area contributed by atoms with E-state index >= 15 is 0 Å². The van der Waals surface area contributed by atoms with Crippen molar-refractivity contribution < 1.29 is 9.59 Å². The zero-order chi connectivity index (χ0) is 22.9. The lowest BCUT2D eigenvalue weighted by Crippen LogP contribution is -2.23. The molecule has 0 unspecified atom stereocenters. The van der Waals surface area contributed by atoms with Crippen LogP contribution in [0.3, 0.4) is 0 Å². The van der Waals surface area contributed by atoms with Crippen molar-refractivity contribution in [3.63, 3.8) is 0 Å². The van der Waals surface area contributed by atoms with Gasteiger partial charge in [-0.05, 0) is 48.4 Å². The smallest absolute Gasteiger partial charge is 0.274 e. The number of aromatic nitrogens is 1. The van der Waals surface area contributed by atoms with Crippen molar-refractivity contribution in [3.8, 4) is 0 Å². The highest BCUT2D eigenvalue weighted by Gasteiger charge is 2.13. The van der Waals surface area contributed by atoms with Crippen LogP contribution in [0.4, 0.5) is 5.69 Å². The maximum absolute atomic E-state index is 12.6. The van der Waals surface area contributed by atoms with Crippen LogP contribution in [0, 0.1) is 0 Å². The van der Waals surface area contributed by atoms with Crippen LogP contribution in [0.1, 0.15) is 38.9 Å². The minimum atomic E-state index is -0.319. The summed E-state index contributed by atoms with van der Waals surface area (Å²) in [4.78, 5) is 30.7. The van der Waals surface area contributed by atoms with Crippen molar-refractivity contribution in [2.75, 3.05) is 26.0 Å². The quantitative estimate of drug-likeness (QED) is 0.563. The van der Waals surface area contributed by atoms with E-state index in [0.717, 1.165) is 11.1 Å². The molecule has 0 saturated heterocycles. The predicted octanol–water partition coefficient (Wildman–Crippen LogP) is 4.23. The monoisotopic (exact) mass is 428 g/mol. The number of rotatable bonds is 8. The number of hydrogen-bond donors (Lipinski definition) is 2. The van der Waals surface area contributed by atoms with Gasteiger partial charge in [0.05, 0.1) is 0 Å². The number of nitrogens with one attached hydrogen (secondary N) is 2. The van der Waals surface area contributed by atoms with Gasteiger partial charge >= 0.3 is 0 Å². The predicted molar refractivity (Wildman–Crippen MR) is 128 cm³/mol. The second-order valence-electron chi connectivity index (χ2n) is 7.79. The highest BCUT2D eigenvalue weighted by Crippen LogP contribution is 2.18. The second-order valence-corrected chi connectivity index (χ2v) is 7.79. The standard InChI is InChI=1S/C26H28N4O2/c1-19(13-20-9-5-4-6-10-20)17-27-18-21-14-22(26(32)30(2)3)16-23(15-21)29-25(31)24-11-7-8-12-28-24/h4-16,27H,17-18H2,1-3H3,(H,29,31)/b19-13+. The molecule has 164 valence electrons. The van der Waals surface area contributed by atoms with Crippen LogP contribution in [0.2, 0.25) is 0 Å². The molecular formula is C26H28N4O2. The van der Waals surface area contributed by atoms with E-state index in [0.29, 0.717) is 30.0 Å². The van der Waals surface area contributed by atoms with Gasteiger partial charge in [0.2, 0.25) is 0 Å². The lowest BCUT2D eigenvalue weighted by molar-refractivity contribution is 0.0827. The normalized spacial score (nSPS) is 11.2. The molecule has 0 aliphatic rings. The Morgan fingerprint density at radius 3 is 2.44 bits per heavy atom. The van der Waals surface area contributed by atoms with Gasteiger partial charge in [0.15, 0.2) is 0 Å². The van der Waals surface area contributed by atoms with Crippen molar-refractivity contribution in [3.05, 3.63) is 101 Å². The zero-order valence-corrected chi connectivity index (χ0v) is 18.6. The van der Waals surface area contributed by atoms with Crippen LogP contribution in [-0.2, 0) is 6.54 Å². The van der Waals surface area contributed by atoms with Crippen molar-refractivity contribution >= 4 is 23.6 Å². The van der Waals surface area contributed by atoms with E-state index in [1.807, 2.05) is 30.3 Å². The molecule has 2 aromatic carbocycles. The number of carbonyl (C=O) groups is 2. The first kappa shape index (κ1) is 22.9. The van der Waals surface area contributed by atoms with Gasteiger partial charge in [0.25, 0.3) is 11.8 Å². The molecule has 0 radical (unpaired) electrons. The Bertz CT molecular complexity index is 1090. The van der Waals surface area contributed by atoms with E-state index in [9.17, 15) is 9.59 Å². The van der Waals surface area contributed by atoms with E-state index < -0.39 is 0 Å². The SMILES string of the molecule is C/C(=C\c1ccccc1)CNCc1cc(NC(=O)c2ccccn2)cc(C(=O)N(C)C)c1. The topological polar surface area (TPSA) is 74.3 Å². The van der Waals surface area contributed by atoms with Gasteiger partial charge < -0.3 is 15.5 Å². The molecule has 0 saturated carbocycles. The number of carbonyl (C=O) groups excluding carboxylic acids is 2. The first-order chi connectivity index (χ1) is 15.4. The van der Waals surface area contributed by atoms with E-state index in [1.165, 1.54) is 10.5 Å². The van der Waals surface area contributed by atoms with Gasteiger partial charge in [-0.1, -0.05) is 48.0 Å². The number of benzene rings is 2. The Balaban J connectivity index is 1.73. The molecule has 0 spiro atoms. The highest BCUT2D eigenvalue weighted by molar-refractivity contribution is 6.04. The third kappa shape index (κ3) is 6.62. The summed E-state index contributed by atoms with van der Waals surface area (Å²) in [6, 6.07) is 20.7.